The molecule has 1 aliphatic rings. The van der Waals surface area contributed by atoms with Gasteiger partial charge < -0.3 is 14.8 Å². The molecule has 21 heavy (non-hydrogen) atoms. The zero-order chi connectivity index (χ0) is 14.7. The van der Waals surface area contributed by atoms with Gasteiger partial charge in [-0.2, -0.15) is 5.10 Å². The van der Waals surface area contributed by atoms with Crippen LogP contribution in [0.4, 0.5) is 0 Å². The van der Waals surface area contributed by atoms with E-state index in [1.54, 1.807) is 11.0 Å². The topological polar surface area (TPSA) is 61.2 Å². The van der Waals surface area contributed by atoms with Gasteiger partial charge in [-0.1, -0.05) is 11.6 Å². The van der Waals surface area contributed by atoms with Crippen LogP contribution in [0.5, 0.6) is 11.5 Å². The van der Waals surface area contributed by atoms with Gasteiger partial charge in [-0.3, -0.25) is 4.68 Å². The van der Waals surface area contributed by atoms with Crippen molar-refractivity contribution in [3.8, 4) is 11.5 Å². The first kappa shape index (κ1) is 14.2. The Morgan fingerprint density at radius 3 is 3.00 bits per heavy atom. The minimum absolute atomic E-state index is 0.543. The maximum absolute atomic E-state index is 6.20. The van der Waals surface area contributed by atoms with E-state index in [1.807, 2.05) is 19.2 Å². The molecule has 7 heteroatoms. The summed E-state index contributed by atoms with van der Waals surface area (Å²) in [5.41, 5.74) is 1.07. The number of fused-ring (bicyclic) bond motifs is 1. The number of nitrogens with one attached hydrogen (secondary N) is 1. The van der Waals surface area contributed by atoms with Crippen molar-refractivity contribution in [2.75, 3.05) is 19.8 Å². The lowest BCUT2D eigenvalue weighted by molar-refractivity contribution is 0.171. The molecular formula is C14H17ClN4O2. The van der Waals surface area contributed by atoms with Gasteiger partial charge in [0, 0.05) is 26.6 Å². The fourth-order valence-electron chi connectivity index (χ4n) is 2.20. The van der Waals surface area contributed by atoms with E-state index in [1.165, 1.54) is 0 Å². The summed E-state index contributed by atoms with van der Waals surface area (Å²) in [6.45, 7) is 2.62. The zero-order valence-corrected chi connectivity index (χ0v) is 12.6. The van der Waals surface area contributed by atoms with Crippen LogP contribution in [0.3, 0.4) is 0 Å². The van der Waals surface area contributed by atoms with Gasteiger partial charge in [0.1, 0.15) is 19.5 Å². The fraction of sp³-hybridized carbons (Fsp3) is 0.429. The maximum Gasteiger partial charge on any atom is 0.179 e. The minimum atomic E-state index is 0.543. The summed E-state index contributed by atoms with van der Waals surface area (Å²) < 4.78 is 12.8. The lowest BCUT2D eigenvalue weighted by Crippen LogP contribution is -2.19. The van der Waals surface area contributed by atoms with Crippen molar-refractivity contribution in [1.29, 1.82) is 0 Å². The highest BCUT2D eigenvalue weighted by Gasteiger charge is 2.16. The Morgan fingerprint density at radius 1 is 1.33 bits per heavy atom. The van der Waals surface area contributed by atoms with E-state index in [0.717, 1.165) is 30.1 Å². The molecule has 1 aromatic heterocycles. The molecule has 1 aliphatic heterocycles. The second-order valence-electron chi connectivity index (χ2n) is 4.86. The molecular weight excluding hydrogens is 292 g/mol. The second-order valence-corrected chi connectivity index (χ2v) is 5.27. The second kappa shape index (κ2) is 6.32. The number of aromatic nitrogens is 3. The van der Waals surface area contributed by atoms with Crippen LogP contribution in [0.15, 0.2) is 18.5 Å². The third-order valence-electron chi connectivity index (χ3n) is 3.16. The Balaban J connectivity index is 1.54. The Kier molecular flexibility index (Phi) is 4.26. The number of benzene rings is 1. The first-order valence-corrected chi connectivity index (χ1v) is 7.23. The van der Waals surface area contributed by atoms with Gasteiger partial charge in [-0.05, 0) is 17.7 Å². The Hall–Kier alpha value is -1.79. The molecule has 0 saturated heterocycles. The molecule has 1 aromatic carbocycles. The number of hydrogen-bond acceptors (Lipinski definition) is 5. The standard InChI is InChI=1S/C14H17ClN4O2/c1-19-9-17-13(18-19)2-3-16-8-10-6-11(15)14-12(7-10)20-4-5-21-14/h6-7,9,16H,2-5,8H2,1H3. The Morgan fingerprint density at radius 2 is 2.19 bits per heavy atom. The third kappa shape index (κ3) is 3.46. The van der Waals surface area contributed by atoms with Gasteiger partial charge in [0.2, 0.25) is 0 Å². The van der Waals surface area contributed by atoms with Crippen LogP contribution in [0, 0.1) is 0 Å². The van der Waals surface area contributed by atoms with Crippen molar-refractivity contribution in [3.63, 3.8) is 0 Å². The van der Waals surface area contributed by atoms with Crippen molar-refractivity contribution in [2.24, 2.45) is 7.05 Å². The molecule has 2 heterocycles. The molecule has 0 saturated carbocycles. The van der Waals surface area contributed by atoms with Crippen LogP contribution in [-0.4, -0.2) is 34.5 Å². The number of aryl methyl sites for hydroxylation is 1. The first-order valence-electron chi connectivity index (χ1n) is 6.85. The Labute approximate surface area is 128 Å². The third-order valence-corrected chi connectivity index (χ3v) is 3.44. The highest BCUT2D eigenvalue weighted by molar-refractivity contribution is 6.32. The molecule has 112 valence electrons. The van der Waals surface area contributed by atoms with Crippen molar-refractivity contribution >= 4 is 11.6 Å². The average Bonchev–Trinajstić information content (AvgIpc) is 2.89. The van der Waals surface area contributed by atoms with Crippen LogP contribution < -0.4 is 14.8 Å². The maximum atomic E-state index is 6.20. The summed E-state index contributed by atoms with van der Waals surface area (Å²) in [5.74, 6) is 2.20. The number of rotatable bonds is 5. The van der Waals surface area contributed by atoms with E-state index >= 15 is 0 Å². The number of nitrogens with zero attached hydrogens (tertiary/aromatic N) is 3. The van der Waals surface area contributed by atoms with Crippen LogP contribution in [0.1, 0.15) is 11.4 Å². The van der Waals surface area contributed by atoms with Gasteiger partial charge in [0.15, 0.2) is 17.3 Å². The molecule has 3 rings (SSSR count). The van der Waals surface area contributed by atoms with Crippen molar-refractivity contribution < 1.29 is 9.47 Å². The summed E-state index contributed by atoms with van der Waals surface area (Å²) in [5, 5.41) is 8.18. The number of hydrogen-bond donors (Lipinski definition) is 1. The van der Waals surface area contributed by atoms with Gasteiger partial charge in [-0.15, -0.1) is 0 Å². The fourth-order valence-corrected chi connectivity index (χ4v) is 2.49. The molecule has 0 amide bonds. The van der Waals surface area contributed by atoms with Crippen LogP contribution >= 0.6 is 11.6 Å². The SMILES string of the molecule is Cn1cnc(CCNCc2cc(Cl)c3c(c2)OCCO3)n1. The molecule has 0 atom stereocenters. The van der Waals surface area contributed by atoms with E-state index in [4.69, 9.17) is 21.1 Å². The summed E-state index contributed by atoms with van der Waals surface area (Å²) in [6.07, 6.45) is 2.50. The lowest BCUT2D eigenvalue weighted by atomic mass is 10.2. The van der Waals surface area contributed by atoms with Crippen molar-refractivity contribution in [1.82, 2.24) is 20.1 Å². The predicted octanol–water partition coefficient (Wildman–Crippen LogP) is 1.57. The van der Waals surface area contributed by atoms with E-state index < -0.39 is 0 Å². The van der Waals surface area contributed by atoms with E-state index in [9.17, 15) is 0 Å². The van der Waals surface area contributed by atoms with Gasteiger partial charge in [0.05, 0.1) is 5.02 Å². The molecule has 0 spiro atoms. The average molecular weight is 309 g/mol. The summed E-state index contributed by atoms with van der Waals surface area (Å²) >= 11 is 6.20. The zero-order valence-electron chi connectivity index (χ0n) is 11.8. The van der Waals surface area contributed by atoms with Crippen LogP contribution in [-0.2, 0) is 20.0 Å². The van der Waals surface area contributed by atoms with E-state index in [-0.39, 0.29) is 0 Å². The van der Waals surface area contributed by atoms with Crippen molar-refractivity contribution in [2.45, 2.75) is 13.0 Å². The normalized spacial score (nSPS) is 13.4. The monoisotopic (exact) mass is 308 g/mol. The molecule has 0 fully saturated rings. The largest absolute Gasteiger partial charge is 0.486 e. The number of ether oxygens (including phenoxy) is 2. The highest BCUT2D eigenvalue weighted by atomic mass is 35.5. The van der Waals surface area contributed by atoms with E-state index in [2.05, 4.69) is 15.4 Å². The molecule has 0 aliphatic carbocycles. The van der Waals surface area contributed by atoms with Gasteiger partial charge >= 0.3 is 0 Å². The molecule has 2 aromatic rings. The smallest absolute Gasteiger partial charge is 0.179 e. The van der Waals surface area contributed by atoms with Crippen LogP contribution in [0.2, 0.25) is 5.02 Å². The molecule has 6 nitrogen and oxygen atoms in total. The molecule has 0 radical (unpaired) electrons. The lowest BCUT2D eigenvalue weighted by Gasteiger charge is -2.20. The minimum Gasteiger partial charge on any atom is -0.486 e. The van der Waals surface area contributed by atoms with Gasteiger partial charge in [0.25, 0.3) is 0 Å². The first-order chi connectivity index (χ1) is 10.2. The van der Waals surface area contributed by atoms with E-state index in [0.29, 0.717) is 30.5 Å². The summed E-state index contributed by atoms with van der Waals surface area (Å²) in [7, 11) is 1.86. The molecule has 1 N–H and O–H groups in total. The predicted molar refractivity (Wildman–Crippen MR) is 78.9 cm³/mol. The summed E-state index contributed by atoms with van der Waals surface area (Å²) in [4.78, 5) is 4.19. The Bertz CT molecular complexity index is 629. The molecule has 0 bridgehead atoms. The van der Waals surface area contributed by atoms with Gasteiger partial charge in [-0.25, -0.2) is 4.98 Å². The van der Waals surface area contributed by atoms with Crippen LogP contribution in [0.25, 0.3) is 0 Å². The summed E-state index contributed by atoms with van der Waals surface area (Å²) in [6, 6.07) is 3.87. The van der Waals surface area contributed by atoms with Crippen molar-refractivity contribution in [3.05, 3.63) is 34.9 Å². The number of halogens is 1. The quantitative estimate of drug-likeness (QED) is 0.850. The highest BCUT2D eigenvalue weighted by Crippen LogP contribution is 2.38. The molecule has 0 unspecified atom stereocenters.